The molecule has 28 heavy (non-hydrogen) atoms. The normalized spacial score (nSPS) is 20.9. The molecule has 9 heteroatoms. The third-order valence-corrected chi connectivity index (χ3v) is 5.43. The molecule has 0 radical (unpaired) electrons. The molecule has 2 aliphatic heterocycles. The zero-order chi connectivity index (χ0) is 20.1. The number of nitrogens with zero attached hydrogens (tertiary/aromatic N) is 5. The van der Waals surface area contributed by atoms with Crippen LogP contribution in [-0.2, 0) is 21.4 Å². The fourth-order valence-electron chi connectivity index (χ4n) is 3.82. The standard InChI is InChI=1S/C19H29N5O4/c1-3-28-18(26)14-22-7-9-23(10-8-22)19(27)15-5-4-6-24(13-15)16-11-17(25)21(2)20-12-16/h11-12,15H,3-10,13-14H2,1-2H3/t15-/m1/s1. The quantitative estimate of drug-likeness (QED) is 0.637. The maximum absolute atomic E-state index is 13.0. The van der Waals surface area contributed by atoms with Crippen LogP contribution in [0.2, 0.25) is 0 Å². The molecular weight excluding hydrogens is 362 g/mol. The molecule has 3 heterocycles. The Labute approximate surface area is 164 Å². The summed E-state index contributed by atoms with van der Waals surface area (Å²) in [5.74, 6) is -0.125. The summed E-state index contributed by atoms with van der Waals surface area (Å²) in [4.78, 5) is 42.5. The number of aryl methyl sites for hydroxylation is 1. The van der Waals surface area contributed by atoms with Gasteiger partial charge in [0.05, 0.1) is 31.0 Å². The van der Waals surface area contributed by atoms with E-state index in [4.69, 9.17) is 4.74 Å². The molecule has 1 amide bonds. The summed E-state index contributed by atoms with van der Waals surface area (Å²) >= 11 is 0. The number of piperazine rings is 1. The van der Waals surface area contributed by atoms with Crippen molar-refractivity contribution in [3.63, 3.8) is 0 Å². The highest BCUT2D eigenvalue weighted by Gasteiger charge is 2.31. The van der Waals surface area contributed by atoms with Crippen molar-refractivity contribution < 1.29 is 14.3 Å². The number of carbonyl (C=O) groups excluding carboxylic acids is 2. The van der Waals surface area contributed by atoms with Crippen molar-refractivity contribution in [1.29, 1.82) is 0 Å². The molecule has 0 aliphatic carbocycles. The number of hydrogen-bond acceptors (Lipinski definition) is 7. The van der Waals surface area contributed by atoms with Gasteiger partial charge in [-0.15, -0.1) is 0 Å². The van der Waals surface area contributed by atoms with Crippen LogP contribution in [0.15, 0.2) is 17.1 Å². The number of ether oxygens (including phenoxy) is 1. The highest BCUT2D eigenvalue weighted by Crippen LogP contribution is 2.23. The van der Waals surface area contributed by atoms with Crippen molar-refractivity contribution in [3.05, 3.63) is 22.6 Å². The Balaban J connectivity index is 1.54. The molecular formula is C19H29N5O4. The Hall–Kier alpha value is -2.42. The summed E-state index contributed by atoms with van der Waals surface area (Å²) in [7, 11) is 1.62. The fourth-order valence-corrected chi connectivity index (χ4v) is 3.82. The van der Waals surface area contributed by atoms with Crippen molar-refractivity contribution in [2.24, 2.45) is 13.0 Å². The van der Waals surface area contributed by atoms with Gasteiger partial charge in [-0.2, -0.15) is 5.10 Å². The van der Waals surface area contributed by atoms with Crippen LogP contribution in [0.3, 0.4) is 0 Å². The van der Waals surface area contributed by atoms with Gasteiger partial charge in [-0.3, -0.25) is 19.3 Å². The monoisotopic (exact) mass is 391 g/mol. The van der Waals surface area contributed by atoms with Crippen molar-refractivity contribution in [2.75, 3.05) is 57.3 Å². The minimum atomic E-state index is -0.215. The summed E-state index contributed by atoms with van der Waals surface area (Å²) in [6, 6.07) is 1.58. The van der Waals surface area contributed by atoms with Crippen molar-refractivity contribution in [2.45, 2.75) is 19.8 Å². The number of anilines is 1. The molecule has 2 fully saturated rings. The number of aromatic nitrogens is 2. The second-order valence-corrected chi connectivity index (χ2v) is 7.37. The molecule has 0 spiro atoms. The Morgan fingerprint density at radius 1 is 1.21 bits per heavy atom. The highest BCUT2D eigenvalue weighted by atomic mass is 16.5. The van der Waals surface area contributed by atoms with E-state index in [0.717, 1.165) is 25.1 Å². The average molecular weight is 391 g/mol. The minimum absolute atomic E-state index is 0.0746. The number of hydrogen-bond donors (Lipinski definition) is 0. The number of rotatable bonds is 5. The van der Waals surface area contributed by atoms with Gasteiger partial charge in [0.15, 0.2) is 0 Å². The van der Waals surface area contributed by atoms with Crippen LogP contribution >= 0.6 is 0 Å². The van der Waals surface area contributed by atoms with Crippen molar-refractivity contribution in [3.8, 4) is 0 Å². The molecule has 1 aromatic rings. The Bertz CT molecular complexity index is 757. The third-order valence-electron chi connectivity index (χ3n) is 5.43. The second kappa shape index (κ2) is 9.18. The molecule has 2 aliphatic rings. The maximum atomic E-state index is 13.0. The van der Waals surface area contributed by atoms with Crippen LogP contribution in [0.5, 0.6) is 0 Å². The van der Waals surface area contributed by atoms with E-state index in [1.54, 1.807) is 26.2 Å². The molecule has 1 atom stereocenters. The molecule has 0 N–H and O–H groups in total. The topological polar surface area (TPSA) is 88.0 Å². The zero-order valence-corrected chi connectivity index (χ0v) is 16.7. The Morgan fingerprint density at radius 2 is 1.96 bits per heavy atom. The van der Waals surface area contributed by atoms with Gasteiger partial charge < -0.3 is 14.5 Å². The molecule has 3 rings (SSSR count). The fraction of sp³-hybridized carbons (Fsp3) is 0.684. The van der Waals surface area contributed by atoms with Gasteiger partial charge in [0, 0.05) is 52.4 Å². The minimum Gasteiger partial charge on any atom is -0.465 e. The number of esters is 1. The van der Waals surface area contributed by atoms with E-state index in [1.807, 2.05) is 9.80 Å². The number of piperidine rings is 1. The molecule has 1 aromatic heterocycles. The van der Waals surface area contributed by atoms with E-state index in [1.165, 1.54) is 4.68 Å². The summed E-state index contributed by atoms with van der Waals surface area (Å²) in [6.45, 7) is 6.51. The Kier molecular flexibility index (Phi) is 6.66. The van der Waals surface area contributed by atoms with Crippen molar-refractivity contribution in [1.82, 2.24) is 19.6 Å². The van der Waals surface area contributed by atoms with Gasteiger partial charge in [-0.25, -0.2) is 4.68 Å². The van der Waals surface area contributed by atoms with Crippen LogP contribution in [0.4, 0.5) is 5.69 Å². The van der Waals surface area contributed by atoms with E-state index in [9.17, 15) is 14.4 Å². The van der Waals surface area contributed by atoms with E-state index in [2.05, 4.69) is 10.00 Å². The average Bonchev–Trinajstić information content (AvgIpc) is 2.70. The third kappa shape index (κ3) is 4.89. The number of amides is 1. The molecule has 154 valence electrons. The lowest BCUT2D eigenvalue weighted by Gasteiger charge is -2.39. The first-order valence-corrected chi connectivity index (χ1v) is 9.93. The van der Waals surface area contributed by atoms with E-state index in [-0.39, 0.29) is 29.9 Å². The Morgan fingerprint density at radius 3 is 2.64 bits per heavy atom. The highest BCUT2D eigenvalue weighted by molar-refractivity contribution is 5.80. The van der Waals surface area contributed by atoms with Crippen molar-refractivity contribution >= 4 is 17.6 Å². The molecule has 9 nitrogen and oxygen atoms in total. The molecule has 2 saturated heterocycles. The van der Waals surface area contributed by atoms with E-state index in [0.29, 0.717) is 39.3 Å². The van der Waals surface area contributed by atoms with Gasteiger partial charge in [0.1, 0.15) is 0 Å². The first-order chi connectivity index (χ1) is 13.5. The maximum Gasteiger partial charge on any atom is 0.320 e. The van der Waals surface area contributed by atoms with Crippen LogP contribution in [0.1, 0.15) is 19.8 Å². The van der Waals surface area contributed by atoms with Gasteiger partial charge >= 0.3 is 5.97 Å². The molecule has 0 bridgehead atoms. The van der Waals surface area contributed by atoms with Gasteiger partial charge in [0.2, 0.25) is 5.91 Å². The lowest BCUT2D eigenvalue weighted by atomic mass is 9.96. The van der Waals surface area contributed by atoms with Gasteiger partial charge in [0.25, 0.3) is 5.56 Å². The molecule has 0 saturated carbocycles. The number of carbonyl (C=O) groups is 2. The van der Waals surface area contributed by atoms with E-state index < -0.39 is 0 Å². The summed E-state index contributed by atoms with van der Waals surface area (Å²) in [6.07, 6.45) is 3.45. The van der Waals surface area contributed by atoms with E-state index >= 15 is 0 Å². The van der Waals surface area contributed by atoms with Crippen LogP contribution in [0.25, 0.3) is 0 Å². The predicted octanol–water partition coefficient (Wildman–Crippen LogP) is -0.296. The molecule has 0 aromatic carbocycles. The summed E-state index contributed by atoms with van der Waals surface area (Å²) < 4.78 is 6.29. The first kappa shape index (κ1) is 20.3. The second-order valence-electron chi connectivity index (χ2n) is 7.37. The summed E-state index contributed by atoms with van der Waals surface area (Å²) in [5, 5.41) is 4.08. The SMILES string of the molecule is CCOC(=O)CN1CCN(C(=O)[C@@H]2CCCN(c3cnn(C)c(=O)c3)C2)CC1. The lowest BCUT2D eigenvalue weighted by molar-refractivity contribution is -0.145. The lowest BCUT2D eigenvalue weighted by Crippen LogP contribution is -2.53. The van der Waals surface area contributed by atoms with Crippen LogP contribution < -0.4 is 10.5 Å². The van der Waals surface area contributed by atoms with Crippen LogP contribution in [0, 0.1) is 5.92 Å². The smallest absolute Gasteiger partial charge is 0.320 e. The molecule has 0 unspecified atom stereocenters. The summed E-state index contributed by atoms with van der Waals surface area (Å²) in [5.41, 5.74) is 0.628. The first-order valence-electron chi connectivity index (χ1n) is 9.93. The predicted molar refractivity (Wildman–Crippen MR) is 104 cm³/mol. The van der Waals surface area contributed by atoms with Crippen LogP contribution in [-0.4, -0.2) is 83.9 Å². The van der Waals surface area contributed by atoms with Gasteiger partial charge in [-0.1, -0.05) is 0 Å². The largest absolute Gasteiger partial charge is 0.465 e. The van der Waals surface area contributed by atoms with Gasteiger partial charge in [-0.05, 0) is 19.8 Å². The zero-order valence-electron chi connectivity index (χ0n) is 16.7.